The molecule has 0 radical (unpaired) electrons. The molecule has 0 aromatic carbocycles. The van der Waals surface area contributed by atoms with Crippen LogP contribution in [-0.2, 0) is 4.79 Å². The lowest BCUT2D eigenvalue weighted by Crippen LogP contribution is -2.69. The first-order valence-corrected chi connectivity index (χ1v) is 9.34. The number of halogens is 1. The molecule has 4 aliphatic rings. The van der Waals surface area contributed by atoms with Crippen LogP contribution in [0.3, 0.4) is 0 Å². The lowest BCUT2D eigenvalue weighted by Gasteiger charge is -2.69. The molecule has 1 unspecified atom stereocenters. The number of nitriles is 1. The molecule has 9 heteroatoms. The molecule has 29 heavy (non-hydrogen) atoms. The molecule has 0 saturated heterocycles. The summed E-state index contributed by atoms with van der Waals surface area (Å²) in [5.41, 5.74) is 0.460. The Morgan fingerprint density at radius 3 is 2.90 bits per heavy atom. The number of pyridine rings is 1. The molecule has 0 N–H and O–H groups in total. The van der Waals surface area contributed by atoms with Crippen LogP contribution in [0.1, 0.15) is 43.0 Å². The number of amides is 1. The SMILES string of the molecule is N#Cc1cc(OCC23CC(C(=O)N4N=CCC4c4cncc(F)c4)(C2)C3)ncn1. The number of carbonyl (C=O) groups is 1. The molecule has 1 atom stereocenters. The maximum atomic E-state index is 13.5. The third kappa shape index (κ3) is 2.83. The zero-order valence-electron chi connectivity index (χ0n) is 15.5. The number of rotatable bonds is 5. The Bertz CT molecular complexity index is 1050. The zero-order chi connectivity index (χ0) is 20.1. The van der Waals surface area contributed by atoms with Gasteiger partial charge in [0.05, 0.1) is 24.3 Å². The van der Waals surface area contributed by atoms with Crippen LogP contribution >= 0.6 is 0 Å². The van der Waals surface area contributed by atoms with Crippen molar-refractivity contribution in [3.8, 4) is 11.9 Å². The van der Waals surface area contributed by atoms with Gasteiger partial charge >= 0.3 is 0 Å². The summed E-state index contributed by atoms with van der Waals surface area (Å²) in [5.74, 6) is -0.0756. The first-order valence-electron chi connectivity index (χ1n) is 9.34. The predicted molar refractivity (Wildman–Crippen MR) is 97.9 cm³/mol. The molecule has 1 aliphatic heterocycles. The van der Waals surface area contributed by atoms with E-state index >= 15 is 0 Å². The lowest BCUT2D eigenvalue weighted by molar-refractivity contribution is -0.227. The fraction of sp³-hybridized carbons (Fsp3) is 0.400. The first kappa shape index (κ1) is 17.7. The van der Waals surface area contributed by atoms with Crippen LogP contribution in [0.2, 0.25) is 0 Å². The van der Waals surface area contributed by atoms with Crippen LogP contribution in [0.5, 0.6) is 5.88 Å². The summed E-state index contributed by atoms with van der Waals surface area (Å²) in [6.07, 6.45) is 8.47. The molecule has 146 valence electrons. The van der Waals surface area contributed by atoms with Crippen molar-refractivity contribution >= 4 is 12.1 Å². The van der Waals surface area contributed by atoms with Gasteiger partial charge in [-0.25, -0.2) is 19.4 Å². The van der Waals surface area contributed by atoms with E-state index in [-0.39, 0.29) is 23.1 Å². The molecular formula is C20H17FN6O2. The van der Waals surface area contributed by atoms with E-state index in [9.17, 15) is 9.18 Å². The van der Waals surface area contributed by atoms with E-state index in [2.05, 4.69) is 20.1 Å². The standard InChI is InChI=1S/C20H17FN6O2/c21-14-3-13(6-23-7-14)16-1-2-26-27(16)18(28)20-8-19(9-20,10-20)11-29-17-4-15(5-22)24-12-25-17/h2-4,6-7,12,16H,1,8-11H2. The van der Waals surface area contributed by atoms with Crippen LogP contribution < -0.4 is 4.74 Å². The summed E-state index contributed by atoms with van der Waals surface area (Å²) in [6.45, 7) is 0.449. The summed E-state index contributed by atoms with van der Waals surface area (Å²) >= 11 is 0. The van der Waals surface area contributed by atoms with E-state index in [0.29, 0.717) is 24.5 Å². The van der Waals surface area contributed by atoms with Crippen LogP contribution in [0.4, 0.5) is 4.39 Å². The second-order valence-corrected chi connectivity index (χ2v) is 8.09. The average Bonchev–Trinajstić information content (AvgIpc) is 3.16. The normalized spacial score (nSPS) is 29.0. The summed E-state index contributed by atoms with van der Waals surface area (Å²) < 4.78 is 19.3. The Hall–Kier alpha value is -3.41. The van der Waals surface area contributed by atoms with Gasteiger partial charge in [0.15, 0.2) is 0 Å². The van der Waals surface area contributed by atoms with Gasteiger partial charge < -0.3 is 4.74 Å². The van der Waals surface area contributed by atoms with Crippen LogP contribution in [0, 0.1) is 28.0 Å². The maximum Gasteiger partial charge on any atom is 0.249 e. The van der Waals surface area contributed by atoms with Crippen LogP contribution in [0.25, 0.3) is 0 Å². The molecule has 3 heterocycles. The summed E-state index contributed by atoms with van der Waals surface area (Å²) in [4.78, 5) is 24.9. The minimum Gasteiger partial charge on any atom is -0.477 e. The third-order valence-electron chi connectivity index (χ3n) is 6.03. The number of carbonyl (C=O) groups excluding carboxylic acids is 1. The summed E-state index contributed by atoms with van der Waals surface area (Å²) in [7, 11) is 0. The van der Waals surface area contributed by atoms with E-state index in [1.165, 1.54) is 23.5 Å². The van der Waals surface area contributed by atoms with Gasteiger partial charge in [-0.3, -0.25) is 9.78 Å². The van der Waals surface area contributed by atoms with Gasteiger partial charge in [0.25, 0.3) is 0 Å². The largest absolute Gasteiger partial charge is 0.477 e. The highest BCUT2D eigenvalue weighted by Crippen LogP contribution is 2.74. The molecule has 2 aromatic rings. The van der Waals surface area contributed by atoms with Crippen molar-refractivity contribution in [3.05, 3.63) is 47.9 Å². The zero-order valence-corrected chi connectivity index (χ0v) is 15.5. The maximum absolute atomic E-state index is 13.5. The fourth-order valence-electron chi connectivity index (χ4n) is 4.82. The Labute approximate surface area is 166 Å². The van der Waals surface area contributed by atoms with E-state index in [1.54, 1.807) is 12.4 Å². The van der Waals surface area contributed by atoms with Gasteiger partial charge in [-0.15, -0.1) is 0 Å². The number of hydrogen-bond donors (Lipinski definition) is 0. The van der Waals surface area contributed by atoms with Crippen molar-refractivity contribution in [2.75, 3.05) is 6.61 Å². The number of hydrogen-bond acceptors (Lipinski definition) is 7. The number of ether oxygens (including phenoxy) is 1. The smallest absolute Gasteiger partial charge is 0.249 e. The van der Waals surface area contributed by atoms with Gasteiger partial charge in [-0.2, -0.15) is 10.4 Å². The van der Waals surface area contributed by atoms with Gasteiger partial charge in [0, 0.05) is 30.3 Å². The first-order chi connectivity index (χ1) is 14.0. The van der Waals surface area contributed by atoms with Crippen molar-refractivity contribution in [1.82, 2.24) is 20.0 Å². The Kier molecular flexibility index (Phi) is 3.84. The van der Waals surface area contributed by atoms with Gasteiger partial charge in [0.1, 0.15) is 23.9 Å². The third-order valence-corrected chi connectivity index (χ3v) is 6.03. The van der Waals surface area contributed by atoms with E-state index in [0.717, 1.165) is 25.5 Å². The quantitative estimate of drug-likeness (QED) is 0.774. The molecule has 3 saturated carbocycles. The van der Waals surface area contributed by atoms with Gasteiger partial charge in [-0.05, 0) is 30.9 Å². The molecular weight excluding hydrogens is 375 g/mol. The predicted octanol–water partition coefficient (Wildman–Crippen LogP) is 2.39. The second-order valence-electron chi connectivity index (χ2n) is 8.09. The van der Waals surface area contributed by atoms with E-state index < -0.39 is 11.2 Å². The van der Waals surface area contributed by atoms with Crippen LogP contribution in [-0.4, -0.2) is 38.7 Å². The Balaban J connectivity index is 1.22. The van der Waals surface area contributed by atoms with Gasteiger partial charge in [-0.1, -0.05) is 0 Å². The molecule has 2 bridgehead atoms. The Morgan fingerprint density at radius 2 is 2.14 bits per heavy atom. The second kappa shape index (κ2) is 6.30. The molecule has 6 rings (SSSR count). The number of aromatic nitrogens is 3. The number of hydrazone groups is 1. The topological polar surface area (TPSA) is 104 Å². The summed E-state index contributed by atoms with van der Waals surface area (Å²) in [6, 6.07) is 4.55. The van der Waals surface area contributed by atoms with Crippen molar-refractivity contribution in [1.29, 1.82) is 5.26 Å². The minimum atomic E-state index is -0.423. The molecule has 0 spiro atoms. The average molecular weight is 392 g/mol. The molecule has 8 nitrogen and oxygen atoms in total. The molecule has 1 amide bonds. The minimum absolute atomic E-state index is 0.0174. The number of nitrogens with zero attached hydrogens (tertiary/aromatic N) is 6. The van der Waals surface area contributed by atoms with E-state index in [1.807, 2.05) is 6.07 Å². The highest BCUT2D eigenvalue weighted by atomic mass is 19.1. The van der Waals surface area contributed by atoms with Crippen molar-refractivity contribution < 1.29 is 13.9 Å². The molecule has 3 fully saturated rings. The Morgan fingerprint density at radius 1 is 1.31 bits per heavy atom. The molecule has 2 aromatic heterocycles. The van der Waals surface area contributed by atoms with Crippen molar-refractivity contribution in [2.45, 2.75) is 31.7 Å². The van der Waals surface area contributed by atoms with Gasteiger partial charge in [0.2, 0.25) is 11.8 Å². The lowest BCUT2D eigenvalue weighted by atomic mass is 9.35. The van der Waals surface area contributed by atoms with Crippen LogP contribution in [0.15, 0.2) is 36.0 Å². The monoisotopic (exact) mass is 392 g/mol. The van der Waals surface area contributed by atoms with Crippen molar-refractivity contribution in [3.63, 3.8) is 0 Å². The van der Waals surface area contributed by atoms with E-state index in [4.69, 9.17) is 10.00 Å². The highest BCUT2D eigenvalue weighted by Gasteiger charge is 2.73. The molecule has 3 aliphatic carbocycles. The highest BCUT2D eigenvalue weighted by molar-refractivity contribution is 5.88. The fourth-order valence-corrected chi connectivity index (χ4v) is 4.82. The van der Waals surface area contributed by atoms with Crippen molar-refractivity contribution in [2.24, 2.45) is 15.9 Å². The summed E-state index contributed by atoms with van der Waals surface area (Å²) in [5, 5.41) is 14.6.